The van der Waals surface area contributed by atoms with Gasteiger partial charge >= 0.3 is 0 Å². The number of benzene rings is 1. The van der Waals surface area contributed by atoms with E-state index in [1.54, 1.807) is 6.07 Å². The lowest BCUT2D eigenvalue weighted by Crippen LogP contribution is -2.30. The Balaban J connectivity index is 1.88. The standard InChI is InChI=1S/C13H18FNOS2/c1-9(12-3-2-10(14)6-13(12)16)15-7-11-8-17-4-5-18-11/h2-3,6,9,11,15-16H,4-5,7-8H2,1H3. The molecule has 5 heteroatoms. The van der Waals surface area contributed by atoms with E-state index in [9.17, 15) is 9.50 Å². The van der Waals surface area contributed by atoms with Crippen molar-refractivity contribution in [3.05, 3.63) is 29.6 Å². The van der Waals surface area contributed by atoms with E-state index in [1.807, 2.05) is 30.4 Å². The summed E-state index contributed by atoms with van der Waals surface area (Å²) in [5, 5.41) is 13.8. The van der Waals surface area contributed by atoms with Crippen LogP contribution in [-0.4, -0.2) is 34.2 Å². The Morgan fingerprint density at radius 3 is 3.00 bits per heavy atom. The number of aromatic hydroxyl groups is 1. The van der Waals surface area contributed by atoms with Gasteiger partial charge in [-0.2, -0.15) is 23.5 Å². The zero-order valence-electron chi connectivity index (χ0n) is 10.4. The van der Waals surface area contributed by atoms with Gasteiger partial charge in [-0.1, -0.05) is 6.07 Å². The van der Waals surface area contributed by atoms with E-state index < -0.39 is 5.82 Å². The molecule has 2 atom stereocenters. The van der Waals surface area contributed by atoms with E-state index in [0.717, 1.165) is 12.1 Å². The number of hydrogen-bond donors (Lipinski definition) is 2. The Hall–Kier alpha value is -0.390. The highest BCUT2D eigenvalue weighted by atomic mass is 32.2. The van der Waals surface area contributed by atoms with E-state index in [2.05, 4.69) is 5.32 Å². The average molecular weight is 287 g/mol. The van der Waals surface area contributed by atoms with Crippen LogP contribution in [0.4, 0.5) is 4.39 Å². The van der Waals surface area contributed by atoms with Gasteiger partial charge in [-0.25, -0.2) is 4.39 Å². The summed E-state index contributed by atoms with van der Waals surface area (Å²) >= 11 is 4.00. The first-order valence-corrected chi connectivity index (χ1v) is 8.28. The second kappa shape index (κ2) is 6.68. The van der Waals surface area contributed by atoms with Gasteiger partial charge in [-0.05, 0) is 13.0 Å². The predicted molar refractivity (Wildman–Crippen MR) is 78.1 cm³/mol. The maximum Gasteiger partial charge on any atom is 0.126 e. The lowest BCUT2D eigenvalue weighted by atomic mass is 10.1. The minimum Gasteiger partial charge on any atom is -0.508 e. The van der Waals surface area contributed by atoms with Crippen LogP contribution in [0, 0.1) is 5.82 Å². The summed E-state index contributed by atoms with van der Waals surface area (Å²) in [5.41, 5.74) is 0.755. The number of halogens is 1. The Kier molecular flexibility index (Phi) is 5.21. The van der Waals surface area contributed by atoms with Crippen LogP contribution in [0.1, 0.15) is 18.5 Å². The van der Waals surface area contributed by atoms with Crippen molar-refractivity contribution in [2.45, 2.75) is 18.2 Å². The van der Waals surface area contributed by atoms with Crippen molar-refractivity contribution >= 4 is 23.5 Å². The smallest absolute Gasteiger partial charge is 0.126 e. The van der Waals surface area contributed by atoms with Crippen LogP contribution in [0.25, 0.3) is 0 Å². The minimum atomic E-state index is -0.400. The van der Waals surface area contributed by atoms with Crippen LogP contribution < -0.4 is 5.32 Å². The molecule has 2 unspecified atom stereocenters. The summed E-state index contributed by atoms with van der Waals surface area (Å²) < 4.78 is 12.9. The summed E-state index contributed by atoms with van der Waals surface area (Å²) in [6, 6.07) is 4.24. The molecule has 1 heterocycles. The second-order valence-corrected chi connectivity index (χ2v) is 6.96. The quantitative estimate of drug-likeness (QED) is 0.891. The van der Waals surface area contributed by atoms with E-state index in [-0.39, 0.29) is 11.8 Å². The molecule has 2 N–H and O–H groups in total. The monoisotopic (exact) mass is 287 g/mol. The Morgan fingerprint density at radius 1 is 1.50 bits per heavy atom. The molecule has 0 aliphatic carbocycles. The molecule has 0 saturated carbocycles. The number of rotatable bonds is 4. The highest BCUT2D eigenvalue weighted by molar-refractivity contribution is 8.06. The SMILES string of the molecule is CC(NCC1CSCCS1)c1ccc(F)cc1O. The molecule has 1 saturated heterocycles. The summed E-state index contributed by atoms with van der Waals surface area (Å²) in [6.07, 6.45) is 0. The number of phenolic OH excluding ortho intramolecular Hbond substituents is 1. The van der Waals surface area contributed by atoms with Crippen LogP contribution >= 0.6 is 23.5 Å². The summed E-state index contributed by atoms with van der Waals surface area (Å²) in [6.45, 7) is 2.92. The fraction of sp³-hybridized carbons (Fsp3) is 0.538. The van der Waals surface area contributed by atoms with Gasteiger partial charge in [0.2, 0.25) is 0 Å². The van der Waals surface area contributed by atoms with Gasteiger partial charge in [0.25, 0.3) is 0 Å². The van der Waals surface area contributed by atoms with Gasteiger partial charge in [0, 0.05) is 46.7 Å². The number of phenols is 1. The van der Waals surface area contributed by atoms with E-state index in [0.29, 0.717) is 5.25 Å². The van der Waals surface area contributed by atoms with Crippen molar-refractivity contribution < 1.29 is 9.50 Å². The van der Waals surface area contributed by atoms with Gasteiger partial charge in [0.05, 0.1) is 0 Å². The molecule has 0 radical (unpaired) electrons. The zero-order valence-corrected chi connectivity index (χ0v) is 12.0. The third-order valence-electron chi connectivity index (χ3n) is 3.00. The number of hydrogen-bond acceptors (Lipinski definition) is 4. The topological polar surface area (TPSA) is 32.3 Å². The van der Waals surface area contributed by atoms with Crippen LogP contribution in [0.2, 0.25) is 0 Å². The third kappa shape index (κ3) is 3.80. The lowest BCUT2D eigenvalue weighted by molar-refractivity contribution is 0.447. The highest BCUT2D eigenvalue weighted by Crippen LogP contribution is 2.27. The Morgan fingerprint density at radius 2 is 2.33 bits per heavy atom. The molecule has 0 bridgehead atoms. The van der Waals surface area contributed by atoms with Crippen molar-refractivity contribution in [2.24, 2.45) is 0 Å². The number of nitrogens with one attached hydrogen (secondary N) is 1. The molecule has 0 amide bonds. The predicted octanol–water partition coefficient (Wildman–Crippen LogP) is 3.03. The maximum atomic E-state index is 12.9. The molecular formula is C13H18FNOS2. The first-order chi connectivity index (χ1) is 8.66. The molecular weight excluding hydrogens is 269 g/mol. The molecule has 1 aromatic carbocycles. The molecule has 2 rings (SSSR count). The number of thioether (sulfide) groups is 2. The van der Waals surface area contributed by atoms with Crippen molar-refractivity contribution in [3.8, 4) is 5.75 Å². The van der Waals surface area contributed by atoms with Crippen LogP contribution in [0.3, 0.4) is 0 Å². The fourth-order valence-corrected chi connectivity index (χ4v) is 4.58. The van der Waals surface area contributed by atoms with Gasteiger partial charge in [0.15, 0.2) is 0 Å². The molecule has 1 aromatic rings. The maximum absolute atomic E-state index is 12.9. The van der Waals surface area contributed by atoms with Gasteiger partial charge in [0.1, 0.15) is 11.6 Å². The molecule has 1 aliphatic heterocycles. The molecule has 0 aromatic heterocycles. The summed E-state index contributed by atoms with van der Waals surface area (Å²) in [5.74, 6) is 3.27. The largest absolute Gasteiger partial charge is 0.508 e. The Labute approximate surface area is 116 Å². The molecule has 0 spiro atoms. The fourth-order valence-electron chi connectivity index (χ4n) is 1.96. The molecule has 18 heavy (non-hydrogen) atoms. The first kappa shape index (κ1) is 14.0. The third-order valence-corrected chi connectivity index (χ3v) is 5.84. The van der Waals surface area contributed by atoms with Crippen molar-refractivity contribution in [3.63, 3.8) is 0 Å². The minimum absolute atomic E-state index is 0.0284. The Bertz CT molecular complexity index is 397. The van der Waals surface area contributed by atoms with Crippen LogP contribution in [0.15, 0.2) is 18.2 Å². The van der Waals surface area contributed by atoms with Crippen molar-refractivity contribution in [2.75, 3.05) is 23.8 Å². The lowest BCUT2D eigenvalue weighted by Gasteiger charge is -2.24. The summed E-state index contributed by atoms with van der Waals surface area (Å²) in [4.78, 5) is 0. The van der Waals surface area contributed by atoms with Gasteiger partial charge < -0.3 is 10.4 Å². The van der Waals surface area contributed by atoms with Crippen LogP contribution in [0.5, 0.6) is 5.75 Å². The van der Waals surface area contributed by atoms with Gasteiger partial charge in [-0.3, -0.25) is 0 Å². The molecule has 1 aliphatic rings. The normalized spacial score (nSPS) is 21.8. The molecule has 1 fully saturated rings. The second-order valence-electron chi connectivity index (χ2n) is 4.40. The highest BCUT2D eigenvalue weighted by Gasteiger charge is 2.16. The van der Waals surface area contributed by atoms with E-state index in [4.69, 9.17) is 0 Å². The van der Waals surface area contributed by atoms with E-state index in [1.165, 1.54) is 29.4 Å². The van der Waals surface area contributed by atoms with Crippen LogP contribution in [-0.2, 0) is 0 Å². The van der Waals surface area contributed by atoms with E-state index >= 15 is 0 Å². The van der Waals surface area contributed by atoms with Gasteiger partial charge in [-0.15, -0.1) is 0 Å². The summed E-state index contributed by atoms with van der Waals surface area (Å²) in [7, 11) is 0. The zero-order chi connectivity index (χ0) is 13.0. The first-order valence-electron chi connectivity index (χ1n) is 6.08. The molecule has 100 valence electrons. The van der Waals surface area contributed by atoms with Crippen molar-refractivity contribution in [1.29, 1.82) is 0 Å². The molecule has 2 nitrogen and oxygen atoms in total. The average Bonchev–Trinajstić information content (AvgIpc) is 2.37. The van der Waals surface area contributed by atoms with Crippen molar-refractivity contribution in [1.82, 2.24) is 5.32 Å².